The molecular formula is C17H15N5O2S. The number of benzene rings is 1. The largest absolute Gasteiger partial charge is 0.454 e. The van der Waals surface area contributed by atoms with Crippen molar-refractivity contribution in [2.75, 3.05) is 7.05 Å². The summed E-state index contributed by atoms with van der Waals surface area (Å²) in [4.78, 5) is 14.2. The van der Waals surface area contributed by atoms with E-state index >= 15 is 0 Å². The van der Waals surface area contributed by atoms with E-state index in [4.69, 9.17) is 4.42 Å². The molecule has 25 heavy (non-hydrogen) atoms. The van der Waals surface area contributed by atoms with Gasteiger partial charge in [0.15, 0.2) is 5.76 Å². The zero-order valence-electron chi connectivity index (χ0n) is 13.5. The van der Waals surface area contributed by atoms with Crippen LogP contribution in [0.3, 0.4) is 0 Å². The van der Waals surface area contributed by atoms with E-state index in [1.807, 2.05) is 30.5 Å². The fourth-order valence-electron chi connectivity index (χ4n) is 2.59. The molecule has 1 amide bonds. The maximum Gasteiger partial charge on any atom is 0.289 e. The van der Waals surface area contributed by atoms with Crippen LogP contribution in [0.4, 0.5) is 0 Å². The summed E-state index contributed by atoms with van der Waals surface area (Å²) in [5, 5.41) is 4.13. The molecule has 4 aromatic rings. The monoisotopic (exact) mass is 353 g/mol. The number of hydrogen-bond donors (Lipinski definition) is 0. The number of rotatable bonds is 5. The summed E-state index contributed by atoms with van der Waals surface area (Å²) in [6.07, 6.45) is 3.55. The summed E-state index contributed by atoms with van der Waals surface area (Å²) in [5.41, 5.74) is 2.72. The van der Waals surface area contributed by atoms with Crippen molar-refractivity contribution < 1.29 is 9.21 Å². The van der Waals surface area contributed by atoms with Crippen LogP contribution < -0.4 is 0 Å². The minimum atomic E-state index is -0.164. The molecule has 0 bridgehead atoms. The summed E-state index contributed by atoms with van der Waals surface area (Å²) in [7, 11) is 1.75. The normalized spacial score (nSPS) is 11.1. The Morgan fingerprint density at radius 2 is 2.12 bits per heavy atom. The lowest BCUT2D eigenvalue weighted by molar-refractivity contribution is 0.0751. The summed E-state index contributed by atoms with van der Waals surface area (Å²) in [6, 6.07) is 11.2. The quantitative estimate of drug-likeness (QED) is 0.551. The third-order valence-corrected chi connectivity index (χ3v) is 4.39. The maximum atomic E-state index is 12.6. The predicted octanol–water partition coefficient (Wildman–Crippen LogP) is 2.80. The van der Waals surface area contributed by atoms with Gasteiger partial charge in [0.1, 0.15) is 16.8 Å². The molecule has 7 nitrogen and oxygen atoms in total. The van der Waals surface area contributed by atoms with Crippen LogP contribution in [-0.2, 0) is 13.1 Å². The Morgan fingerprint density at radius 1 is 1.24 bits per heavy atom. The molecule has 0 spiro atoms. The Hall–Kier alpha value is -3.00. The second-order valence-corrected chi connectivity index (χ2v) is 6.25. The molecule has 0 saturated heterocycles. The van der Waals surface area contributed by atoms with Gasteiger partial charge in [-0.05, 0) is 35.9 Å². The van der Waals surface area contributed by atoms with Crippen LogP contribution in [0.2, 0.25) is 0 Å². The molecule has 126 valence electrons. The van der Waals surface area contributed by atoms with Crippen LogP contribution >= 0.6 is 11.7 Å². The highest BCUT2D eigenvalue weighted by Crippen LogP contribution is 2.17. The summed E-state index contributed by atoms with van der Waals surface area (Å²) < 4.78 is 15.8. The molecule has 0 N–H and O–H groups in total. The highest BCUT2D eigenvalue weighted by molar-refractivity contribution is 7.00. The summed E-state index contributed by atoms with van der Waals surface area (Å²) in [6.45, 7) is 0.971. The number of carbonyl (C=O) groups excluding carboxylic acids is 1. The smallest absolute Gasteiger partial charge is 0.289 e. The molecule has 0 aliphatic heterocycles. The van der Waals surface area contributed by atoms with Crippen LogP contribution in [0.5, 0.6) is 0 Å². The molecule has 4 rings (SSSR count). The highest BCUT2D eigenvalue weighted by atomic mass is 32.1. The van der Waals surface area contributed by atoms with Crippen molar-refractivity contribution in [1.29, 1.82) is 0 Å². The molecule has 0 fully saturated rings. The first kappa shape index (κ1) is 15.5. The number of furan rings is 1. The van der Waals surface area contributed by atoms with Crippen molar-refractivity contribution >= 4 is 28.7 Å². The van der Waals surface area contributed by atoms with Gasteiger partial charge in [0, 0.05) is 26.0 Å². The number of aromatic nitrogens is 4. The van der Waals surface area contributed by atoms with Crippen LogP contribution in [-0.4, -0.2) is 36.4 Å². The lowest BCUT2D eigenvalue weighted by atomic mass is 10.2. The number of carbonyl (C=O) groups is 1. The van der Waals surface area contributed by atoms with Gasteiger partial charge in [-0.3, -0.25) is 9.48 Å². The van der Waals surface area contributed by atoms with Crippen LogP contribution in [0.15, 0.2) is 53.2 Å². The Bertz CT molecular complexity index is 1010. The molecule has 0 saturated carbocycles. The van der Waals surface area contributed by atoms with Crippen molar-refractivity contribution in [3.05, 3.63) is 65.9 Å². The summed E-state index contributed by atoms with van der Waals surface area (Å²) in [5.74, 6) is 0.847. The molecule has 1 aromatic carbocycles. The Balaban J connectivity index is 1.45. The minimum absolute atomic E-state index is 0.164. The predicted molar refractivity (Wildman–Crippen MR) is 93.2 cm³/mol. The molecular weight excluding hydrogens is 338 g/mol. The molecule has 3 heterocycles. The van der Waals surface area contributed by atoms with E-state index in [-0.39, 0.29) is 5.91 Å². The highest BCUT2D eigenvalue weighted by Gasteiger charge is 2.17. The van der Waals surface area contributed by atoms with Crippen LogP contribution in [0.25, 0.3) is 11.0 Å². The zero-order chi connectivity index (χ0) is 17.2. The van der Waals surface area contributed by atoms with Gasteiger partial charge >= 0.3 is 0 Å². The fourth-order valence-corrected chi connectivity index (χ4v) is 3.11. The summed E-state index contributed by atoms with van der Waals surface area (Å²) >= 11 is 1.19. The van der Waals surface area contributed by atoms with Crippen LogP contribution in [0, 0.1) is 0 Å². The first-order chi connectivity index (χ1) is 12.2. The van der Waals surface area contributed by atoms with E-state index in [1.54, 1.807) is 35.0 Å². The first-order valence-corrected chi connectivity index (χ1v) is 8.45. The fraction of sp³-hybridized carbons (Fsp3) is 0.176. The topological polar surface area (TPSA) is 77.1 Å². The zero-order valence-corrected chi connectivity index (χ0v) is 14.3. The molecule has 0 aliphatic rings. The third kappa shape index (κ3) is 3.29. The lowest BCUT2D eigenvalue weighted by Gasteiger charge is -2.15. The molecule has 0 radical (unpaired) electrons. The van der Waals surface area contributed by atoms with Crippen molar-refractivity contribution in [3.8, 4) is 0 Å². The van der Waals surface area contributed by atoms with Gasteiger partial charge in [-0.15, -0.1) is 0 Å². The Labute approximate surface area is 147 Å². The van der Waals surface area contributed by atoms with Gasteiger partial charge in [-0.1, -0.05) is 6.07 Å². The molecule has 3 aromatic heterocycles. The second kappa shape index (κ2) is 6.48. The van der Waals surface area contributed by atoms with E-state index in [0.717, 1.165) is 16.6 Å². The average molecular weight is 353 g/mol. The average Bonchev–Trinajstić information content (AvgIpc) is 3.35. The molecule has 0 unspecified atom stereocenters. The van der Waals surface area contributed by atoms with Crippen molar-refractivity contribution in [2.24, 2.45) is 0 Å². The number of hydrogen-bond acceptors (Lipinski definition) is 6. The van der Waals surface area contributed by atoms with Gasteiger partial charge in [-0.2, -0.15) is 13.8 Å². The number of fused-ring (bicyclic) bond motifs is 1. The Morgan fingerprint density at radius 3 is 2.96 bits per heavy atom. The van der Waals surface area contributed by atoms with Crippen molar-refractivity contribution in [1.82, 2.24) is 23.4 Å². The Kier molecular flexibility index (Phi) is 4.02. The van der Waals surface area contributed by atoms with Gasteiger partial charge in [0.25, 0.3) is 5.91 Å². The van der Waals surface area contributed by atoms with Gasteiger partial charge in [-0.25, -0.2) is 0 Å². The van der Waals surface area contributed by atoms with Gasteiger partial charge in [0.2, 0.25) is 0 Å². The SMILES string of the molecule is CN(Cc1ccc2nsnc2c1)C(=O)c1ccc(Cn2cccn2)o1. The van der Waals surface area contributed by atoms with Crippen molar-refractivity contribution in [3.63, 3.8) is 0 Å². The van der Waals surface area contributed by atoms with Crippen molar-refractivity contribution in [2.45, 2.75) is 13.1 Å². The number of nitrogens with zero attached hydrogens (tertiary/aromatic N) is 5. The minimum Gasteiger partial charge on any atom is -0.454 e. The second-order valence-electron chi connectivity index (χ2n) is 5.72. The molecule has 0 aliphatic carbocycles. The number of amides is 1. The maximum absolute atomic E-state index is 12.6. The van der Waals surface area contributed by atoms with E-state index in [9.17, 15) is 4.79 Å². The van der Waals surface area contributed by atoms with E-state index < -0.39 is 0 Å². The van der Waals surface area contributed by atoms with E-state index in [0.29, 0.717) is 24.6 Å². The van der Waals surface area contributed by atoms with E-state index in [1.165, 1.54) is 11.7 Å². The van der Waals surface area contributed by atoms with E-state index in [2.05, 4.69) is 13.8 Å². The molecule has 8 heteroatoms. The van der Waals surface area contributed by atoms with Gasteiger partial charge < -0.3 is 9.32 Å². The third-order valence-electron chi connectivity index (χ3n) is 3.83. The lowest BCUT2D eigenvalue weighted by Crippen LogP contribution is -2.25. The van der Waals surface area contributed by atoms with Gasteiger partial charge in [0.05, 0.1) is 18.3 Å². The molecule has 0 atom stereocenters. The van der Waals surface area contributed by atoms with Crippen LogP contribution in [0.1, 0.15) is 21.9 Å². The first-order valence-electron chi connectivity index (χ1n) is 7.72. The standard InChI is InChI=1S/C17H15N5O2S/c1-21(10-12-3-5-14-15(9-12)20-25-19-14)17(23)16-6-4-13(24-16)11-22-8-2-7-18-22/h2-9H,10-11H2,1H3.